The monoisotopic (exact) mass is 261 g/mol. The van der Waals surface area contributed by atoms with Gasteiger partial charge in [-0.2, -0.15) is 0 Å². The number of hydrogen-bond acceptors (Lipinski definition) is 7. The molecule has 0 fully saturated rings. The summed E-state index contributed by atoms with van der Waals surface area (Å²) >= 11 is 1.44. The molecule has 9 heteroatoms. The average molecular weight is 261 g/mol. The highest BCUT2D eigenvalue weighted by Gasteiger charge is 1.98. The molecular formula is C8H15N5O3S. The van der Waals surface area contributed by atoms with Crippen LogP contribution in [-0.2, 0) is 16.0 Å². The number of rotatable bonds is 4. The molecule has 1 heterocycles. The summed E-state index contributed by atoms with van der Waals surface area (Å²) in [6.07, 6.45) is 0.925. The summed E-state index contributed by atoms with van der Waals surface area (Å²) in [7, 11) is 0. The molecule has 0 bridgehead atoms. The summed E-state index contributed by atoms with van der Waals surface area (Å²) in [5, 5.41) is 19.0. The standard InChI is InChI=1S/C4H7N3S.C4H8N2O3/c1-2-3-6-7-4(5)8-3;5-1-3(7)6-2-4(8)9/h2H2,1H3,(H2,5,7);1-2,5H2,(H,6,7)(H,8,9). The Bertz CT molecular complexity index is 368. The van der Waals surface area contributed by atoms with Crippen LogP contribution in [0.2, 0.25) is 0 Å². The van der Waals surface area contributed by atoms with Crippen LogP contribution in [0.5, 0.6) is 0 Å². The highest BCUT2D eigenvalue weighted by Crippen LogP contribution is 2.10. The fourth-order valence-corrected chi connectivity index (χ4v) is 1.20. The number of carboxylic acid groups (broad SMARTS) is 1. The molecule has 0 saturated carbocycles. The van der Waals surface area contributed by atoms with E-state index in [1.165, 1.54) is 11.3 Å². The first-order chi connectivity index (χ1) is 7.99. The van der Waals surface area contributed by atoms with Crippen LogP contribution < -0.4 is 16.8 Å². The SMILES string of the molecule is CCc1nnc(N)s1.NCC(=O)NCC(=O)O. The van der Waals surface area contributed by atoms with Crippen LogP contribution in [0, 0.1) is 0 Å². The number of anilines is 1. The minimum absolute atomic E-state index is 0.173. The average Bonchev–Trinajstić information content (AvgIpc) is 2.72. The molecule has 0 unspecified atom stereocenters. The molecule has 1 amide bonds. The highest BCUT2D eigenvalue weighted by molar-refractivity contribution is 7.15. The van der Waals surface area contributed by atoms with Crippen molar-refractivity contribution in [3.63, 3.8) is 0 Å². The Morgan fingerprint density at radius 3 is 2.41 bits per heavy atom. The molecule has 17 heavy (non-hydrogen) atoms. The van der Waals surface area contributed by atoms with Crippen molar-refractivity contribution in [2.24, 2.45) is 5.73 Å². The van der Waals surface area contributed by atoms with Crippen molar-refractivity contribution in [1.82, 2.24) is 15.5 Å². The lowest BCUT2D eigenvalue weighted by Gasteiger charge is -1.95. The highest BCUT2D eigenvalue weighted by atomic mass is 32.1. The van der Waals surface area contributed by atoms with Gasteiger partial charge in [0.05, 0.1) is 6.54 Å². The molecule has 0 radical (unpaired) electrons. The molecule has 0 atom stereocenters. The number of nitrogen functional groups attached to an aromatic ring is 1. The Kier molecular flexibility index (Phi) is 7.55. The smallest absolute Gasteiger partial charge is 0.322 e. The van der Waals surface area contributed by atoms with Gasteiger partial charge in [0.2, 0.25) is 11.0 Å². The largest absolute Gasteiger partial charge is 0.480 e. The summed E-state index contributed by atoms with van der Waals surface area (Å²) in [6, 6.07) is 0. The number of aliphatic carboxylic acids is 1. The van der Waals surface area contributed by atoms with Crippen molar-refractivity contribution >= 4 is 28.3 Å². The molecule has 96 valence electrons. The van der Waals surface area contributed by atoms with E-state index >= 15 is 0 Å². The van der Waals surface area contributed by atoms with Crippen molar-refractivity contribution in [2.45, 2.75) is 13.3 Å². The van der Waals surface area contributed by atoms with E-state index in [4.69, 9.17) is 16.6 Å². The van der Waals surface area contributed by atoms with Crippen molar-refractivity contribution in [2.75, 3.05) is 18.8 Å². The number of hydrogen-bond donors (Lipinski definition) is 4. The molecule has 0 saturated heterocycles. The number of amides is 1. The second-order valence-corrected chi connectivity index (χ2v) is 3.86. The number of carbonyl (C=O) groups excluding carboxylic acids is 1. The molecule has 1 rings (SSSR count). The molecule has 1 aromatic rings. The van der Waals surface area contributed by atoms with Crippen molar-refractivity contribution in [3.05, 3.63) is 5.01 Å². The second kappa shape index (κ2) is 8.42. The fraction of sp³-hybridized carbons (Fsp3) is 0.500. The van der Waals surface area contributed by atoms with Gasteiger partial charge in [0.1, 0.15) is 11.6 Å². The number of aryl methyl sites for hydroxylation is 1. The third-order valence-corrected chi connectivity index (χ3v) is 2.30. The van der Waals surface area contributed by atoms with Crippen LogP contribution in [0.1, 0.15) is 11.9 Å². The maximum atomic E-state index is 10.2. The van der Waals surface area contributed by atoms with E-state index in [1.807, 2.05) is 6.92 Å². The Hall–Kier alpha value is -1.74. The summed E-state index contributed by atoms with van der Waals surface area (Å²) in [4.78, 5) is 20.0. The minimum Gasteiger partial charge on any atom is -0.480 e. The predicted octanol–water partition coefficient (Wildman–Crippen LogP) is -1.17. The van der Waals surface area contributed by atoms with E-state index < -0.39 is 11.9 Å². The van der Waals surface area contributed by atoms with Gasteiger partial charge in [0, 0.05) is 0 Å². The predicted molar refractivity (Wildman–Crippen MR) is 63.4 cm³/mol. The van der Waals surface area contributed by atoms with Crippen molar-refractivity contribution < 1.29 is 14.7 Å². The molecule has 0 aromatic carbocycles. The molecule has 0 aliphatic rings. The normalized spacial score (nSPS) is 9.06. The second-order valence-electron chi connectivity index (χ2n) is 2.76. The van der Waals surface area contributed by atoms with Gasteiger partial charge in [-0.05, 0) is 6.42 Å². The molecule has 0 aliphatic heterocycles. The van der Waals surface area contributed by atoms with E-state index in [0.717, 1.165) is 11.4 Å². The molecule has 6 N–H and O–H groups in total. The lowest BCUT2D eigenvalue weighted by Crippen LogP contribution is -2.34. The molecule has 1 aromatic heterocycles. The Labute approximate surface area is 102 Å². The Balaban J connectivity index is 0.000000302. The quantitative estimate of drug-likeness (QED) is 0.534. The number of carboxylic acids is 1. The van der Waals surface area contributed by atoms with Gasteiger partial charge < -0.3 is 21.9 Å². The molecule has 0 spiro atoms. The molecule has 0 aliphatic carbocycles. The van der Waals surface area contributed by atoms with Gasteiger partial charge in [-0.1, -0.05) is 18.3 Å². The van der Waals surface area contributed by atoms with Crippen molar-refractivity contribution in [1.29, 1.82) is 0 Å². The van der Waals surface area contributed by atoms with Gasteiger partial charge in [0.15, 0.2) is 0 Å². The minimum atomic E-state index is -1.07. The third kappa shape index (κ3) is 8.11. The zero-order valence-corrected chi connectivity index (χ0v) is 10.2. The summed E-state index contributed by atoms with van der Waals surface area (Å²) in [5.41, 5.74) is 10.2. The maximum absolute atomic E-state index is 10.2. The number of nitrogens with two attached hydrogens (primary N) is 2. The summed E-state index contributed by atoms with van der Waals surface area (Å²) in [5.74, 6) is -1.53. The van der Waals surface area contributed by atoms with Gasteiger partial charge in [-0.15, -0.1) is 10.2 Å². The fourth-order valence-electron chi connectivity index (χ4n) is 0.656. The van der Waals surface area contributed by atoms with Crippen LogP contribution in [0.25, 0.3) is 0 Å². The first kappa shape index (κ1) is 15.3. The topological polar surface area (TPSA) is 144 Å². The van der Waals surface area contributed by atoms with Crippen LogP contribution >= 0.6 is 11.3 Å². The molecule has 8 nitrogen and oxygen atoms in total. The third-order valence-electron chi connectivity index (χ3n) is 1.41. The van der Waals surface area contributed by atoms with E-state index in [2.05, 4.69) is 15.5 Å². The van der Waals surface area contributed by atoms with Crippen molar-refractivity contribution in [3.8, 4) is 0 Å². The van der Waals surface area contributed by atoms with Crippen LogP contribution in [-0.4, -0.2) is 40.3 Å². The summed E-state index contributed by atoms with van der Waals surface area (Å²) < 4.78 is 0. The lowest BCUT2D eigenvalue weighted by atomic mass is 10.5. The van der Waals surface area contributed by atoms with Crippen LogP contribution in [0.4, 0.5) is 5.13 Å². The zero-order valence-electron chi connectivity index (χ0n) is 9.34. The van der Waals surface area contributed by atoms with Gasteiger partial charge in [-0.25, -0.2) is 0 Å². The Morgan fingerprint density at radius 1 is 1.47 bits per heavy atom. The number of aromatic nitrogens is 2. The van der Waals surface area contributed by atoms with Gasteiger partial charge >= 0.3 is 5.97 Å². The van der Waals surface area contributed by atoms with E-state index in [1.54, 1.807) is 0 Å². The molecular weight excluding hydrogens is 246 g/mol. The number of nitrogens with one attached hydrogen (secondary N) is 1. The number of carbonyl (C=O) groups is 2. The van der Waals surface area contributed by atoms with Crippen LogP contribution in [0.3, 0.4) is 0 Å². The van der Waals surface area contributed by atoms with Gasteiger partial charge in [0.25, 0.3) is 0 Å². The lowest BCUT2D eigenvalue weighted by molar-refractivity contribution is -0.137. The first-order valence-corrected chi connectivity index (χ1v) is 5.57. The first-order valence-electron chi connectivity index (χ1n) is 4.76. The number of nitrogens with zero attached hydrogens (tertiary/aromatic N) is 2. The maximum Gasteiger partial charge on any atom is 0.322 e. The Morgan fingerprint density at radius 2 is 2.12 bits per heavy atom. The zero-order chi connectivity index (χ0) is 13.3. The summed E-state index contributed by atoms with van der Waals surface area (Å²) in [6.45, 7) is 1.49. The van der Waals surface area contributed by atoms with Crippen LogP contribution in [0.15, 0.2) is 0 Å². The van der Waals surface area contributed by atoms with E-state index in [0.29, 0.717) is 5.13 Å². The van der Waals surface area contributed by atoms with Gasteiger partial charge in [-0.3, -0.25) is 9.59 Å². The van der Waals surface area contributed by atoms with E-state index in [9.17, 15) is 9.59 Å². The van der Waals surface area contributed by atoms with E-state index in [-0.39, 0.29) is 13.1 Å².